The van der Waals surface area contributed by atoms with E-state index in [1.807, 2.05) is 0 Å². The molecular formula is C19H19ClF2N2O. The number of halogens is 3. The third kappa shape index (κ3) is 4.17. The molecule has 2 aromatic carbocycles. The highest BCUT2D eigenvalue weighted by Gasteiger charge is 2.28. The molecule has 1 heterocycles. The van der Waals surface area contributed by atoms with Crippen molar-refractivity contribution in [2.45, 2.75) is 18.9 Å². The fourth-order valence-corrected chi connectivity index (χ4v) is 3.48. The summed E-state index contributed by atoms with van der Waals surface area (Å²) in [7, 11) is 0. The summed E-state index contributed by atoms with van der Waals surface area (Å²) in [6.45, 7) is 1.90. The molecule has 25 heavy (non-hydrogen) atoms. The summed E-state index contributed by atoms with van der Waals surface area (Å²) in [5.74, 6) is -1.10. The number of nitrogens with zero attached hydrogens (tertiary/aromatic N) is 1. The van der Waals surface area contributed by atoms with Crippen LogP contribution in [0.3, 0.4) is 0 Å². The van der Waals surface area contributed by atoms with Crippen LogP contribution in [0.2, 0.25) is 5.02 Å². The molecule has 3 nitrogen and oxygen atoms in total. The van der Waals surface area contributed by atoms with Gasteiger partial charge in [-0.25, -0.2) is 8.78 Å². The number of rotatable bonds is 5. The summed E-state index contributed by atoms with van der Waals surface area (Å²) in [6, 6.07) is 9.59. The van der Waals surface area contributed by atoms with Crippen LogP contribution in [0.4, 0.5) is 8.78 Å². The van der Waals surface area contributed by atoms with Crippen molar-refractivity contribution in [3.63, 3.8) is 0 Å². The molecule has 132 valence electrons. The Bertz CT molecular complexity index is 725. The van der Waals surface area contributed by atoms with Crippen LogP contribution >= 0.6 is 11.6 Å². The number of nitrogens with one attached hydrogen (secondary N) is 1. The van der Waals surface area contributed by atoms with Crippen molar-refractivity contribution in [3.05, 3.63) is 70.2 Å². The van der Waals surface area contributed by atoms with Crippen LogP contribution in [0.5, 0.6) is 0 Å². The van der Waals surface area contributed by atoms with Gasteiger partial charge in [-0.15, -0.1) is 0 Å². The Hall–Kier alpha value is -1.98. The summed E-state index contributed by atoms with van der Waals surface area (Å²) in [6.07, 6.45) is 2.07. The maximum absolute atomic E-state index is 14.4. The largest absolute Gasteiger partial charge is 0.350 e. The number of amides is 1. The van der Waals surface area contributed by atoms with E-state index in [0.29, 0.717) is 16.1 Å². The molecule has 2 aromatic rings. The van der Waals surface area contributed by atoms with E-state index in [9.17, 15) is 13.6 Å². The summed E-state index contributed by atoms with van der Waals surface area (Å²) < 4.78 is 27.4. The van der Waals surface area contributed by atoms with E-state index < -0.39 is 5.82 Å². The Morgan fingerprint density at radius 3 is 2.44 bits per heavy atom. The molecule has 0 aromatic heterocycles. The number of carbonyl (C=O) groups is 1. The molecule has 6 heteroatoms. The molecule has 0 spiro atoms. The molecule has 1 unspecified atom stereocenters. The smallest absolute Gasteiger partial charge is 0.251 e. The molecular weight excluding hydrogens is 346 g/mol. The molecule has 0 radical (unpaired) electrons. The quantitative estimate of drug-likeness (QED) is 0.863. The van der Waals surface area contributed by atoms with Gasteiger partial charge in [0.15, 0.2) is 0 Å². The van der Waals surface area contributed by atoms with Crippen LogP contribution in [0.1, 0.15) is 34.8 Å². The monoisotopic (exact) mass is 364 g/mol. The summed E-state index contributed by atoms with van der Waals surface area (Å²) >= 11 is 6.23. The van der Waals surface area contributed by atoms with Crippen LogP contribution in [0.15, 0.2) is 42.5 Å². The van der Waals surface area contributed by atoms with E-state index in [0.717, 1.165) is 25.9 Å². The van der Waals surface area contributed by atoms with Gasteiger partial charge in [-0.2, -0.15) is 0 Å². The van der Waals surface area contributed by atoms with Crippen LogP contribution in [0, 0.1) is 11.6 Å². The second-order valence-corrected chi connectivity index (χ2v) is 6.52. The van der Waals surface area contributed by atoms with Gasteiger partial charge in [-0.05, 0) is 62.3 Å². The van der Waals surface area contributed by atoms with E-state index >= 15 is 0 Å². The SMILES string of the molecule is O=C(NCC(c1c(F)cccc1Cl)N1CCCC1)c1ccc(F)cc1. The molecule has 1 saturated heterocycles. The minimum atomic E-state index is -0.398. The topological polar surface area (TPSA) is 32.3 Å². The molecule has 1 aliphatic heterocycles. The Balaban J connectivity index is 1.78. The van der Waals surface area contributed by atoms with Crippen molar-refractivity contribution in [1.82, 2.24) is 10.2 Å². The third-order valence-electron chi connectivity index (χ3n) is 4.48. The van der Waals surface area contributed by atoms with Crippen molar-refractivity contribution < 1.29 is 13.6 Å². The first kappa shape index (κ1) is 17.8. The van der Waals surface area contributed by atoms with Crippen molar-refractivity contribution in [2.75, 3.05) is 19.6 Å². The summed E-state index contributed by atoms with van der Waals surface area (Å²) in [5, 5.41) is 3.17. The average Bonchev–Trinajstić information content (AvgIpc) is 3.12. The highest BCUT2D eigenvalue weighted by atomic mass is 35.5. The van der Waals surface area contributed by atoms with Gasteiger partial charge < -0.3 is 5.32 Å². The molecule has 1 amide bonds. The normalized spacial score (nSPS) is 16.0. The number of likely N-dealkylation sites (tertiary alicyclic amines) is 1. The highest BCUT2D eigenvalue weighted by Crippen LogP contribution is 2.32. The Morgan fingerprint density at radius 2 is 1.80 bits per heavy atom. The predicted octanol–water partition coefficient (Wildman–Crippen LogP) is 4.19. The first-order chi connectivity index (χ1) is 12.1. The van der Waals surface area contributed by atoms with Gasteiger partial charge >= 0.3 is 0 Å². The molecule has 1 fully saturated rings. The molecule has 0 bridgehead atoms. The van der Waals surface area contributed by atoms with E-state index in [-0.39, 0.29) is 24.3 Å². The molecule has 0 saturated carbocycles. The van der Waals surface area contributed by atoms with E-state index in [2.05, 4.69) is 10.2 Å². The molecule has 1 atom stereocenters. The summed E-state index contributed by atoms with van der Waals surface area (Å²) in [4.78, 5) is 14.4. The van der Waals surface area contributed by atoms with Crippen LogP contribution in [-0.2, 0) is 0 Å². The lowest BCUT2D eigenvalue weighted by Crippen LogP contribution is -2.37. The maximum atomic E-state index is 14.4. The average molecular weight is 365 g/mol. The van der Waals surface area contributed by atoms with Gasteiger partial charge in [0.05, 0.1) is 6.04 Å². The van der Waals surface area contributed by atoms with Crippen LogP contribution in [-0.4, -0.2) is 30.4 Å². The van der Waals surface area contributed by atoms with Crippen molar-refractivity contribution >= 4 is 17.5 Å². The Labute approximate surface area is 150 Å². The van der Waals surface area contributed by atoms with Crippen molar-refractivity contribution in [3.8, 4) is 0 Å². The highest BCUT2D eigenvalue weighted by molar-refractivity contribution is 6.31. The van der Waals surface area contributed by atoms with E-state index in [4.69, 9.17) is 11.6 Å². The number of benzene rings is 2. The second-order valence-electron chi connectivity index (χ2n) is 6.11. The lowest BCUT2D eigenvalue weighted by Gasteiger charge is -2.29. The maximum Gasteiger partial charge on any atom is 0.251 e. The second kappa shape index (κ2) is 7.93. The van der Waals surface area contributed by atoms with Crippen molar-refractivity contribution in [2.24, 2.45) is 0 Å². The lowest BCUT2D eigenvalue weighted by atomic mass is 10.0. The van der Waals surface area contributed by atoms with Gasteiger partial charge in [0.1, 0.15) is 11.6 Å². The fraction of sp³-hybridized carbons (Fsp3) is 0.316. The van der Waals surface area contributed by atoms with Crippen molar-refractivity contribution in [1.29, 1.82) is 0 Å². The molecule has 0 aliphatic carbocycles. The van der Waals surface area contributed by atoms with Gasteiger partial charge in [0.25, 0.3) is 5.91 Å². The van der Waals surface area contributed by atoms with Crippen LogP contribution < -0.4 is 5.32 Å². The Morgan fingerprint density at radius 1 is 1.12 bits per heavy atom. The standard InChI is InChI=1S/C19H19ClF2N2O/c20-15-4-3-5-16(22)18(15)17(24-10-1-2-11-24)12-23-19(25)13-6-8-14(21)9-7-13/h3-9,17H,1-2,10-12H2,(H,23,25). The zero-order valence-corrected chi connectivity index (χ0v) is 14.4. The predicted molar refractivity (Wildman–Crippen MR) is 93.7 cm³/mol. The zero-order valence-electron chi connectivity index (χ0n) is 13.6. The lowest BCUT2D eigenvalue weighted by molar-refractivity contribution is 0.0937. The minimum Gasteiger partial charge on any atom is -0.350 e. The van der Waals surface area contributed by atoms with E-state index in [1.165, 1.54) is 30.3 Å². The first-order valence-corrected chi connectivity index (χ1v) is 8.66. The number of carbonyl (C=O) groups excluding carboxylic acids is 1. The van der Waals surface area contributed by atoms with Gasteiger partial charge in [-0.3, -0.25) is 9.69 Å². The fourth-order valence-electron chi connectivity index (χ4n) is 3.19. The molecule has 3 rings (SSSR count). The van der Waals surface area contributed by atoms with Crippen LogP contribution in [0.25, 0.3) is 0 Å². The molecule has 1 aliphatic rings. The summed E-state index contributed by atoms with van der Waals surface area (Å²) in [5.41, 5.74) is 0.770. The zero-order chi connectivity index (χ0) is 17.8. The minimum absolute atomic E-state index is 0.233. The van der Waals surface area contributed by atoms with Gasteiger partial charge in [-0.1, -0.05) is 17.7 Å². The first-order valence-electron chi connectivity index (χ1n) is 8.28. The molecule has 1 N–H and O–H groups in total. The Kier molecular flexibility index (Phi) is 5.66. The van der Waals surface area contributed by atoms with E-state index in [1.54, 1.807) is 12.1 Å². The van der Waals surface area contributed by atoms with Gasteiger partial charge in [0, 0.05) is 22.7 Å². The number of hydrogen-bond donors (Lipinski definition) is 1. The third-order valence-corrected chi connectivity index (χ3v) is 4.81. The van der Waals surface area contributed by atoms with Gasteiger partial charge in [0.2, 0.25) is 0 Å². The number of hydrogen-bond acceptors (Lipinski definition) is 2.